The van der Waals surface area contributed by atoms with E-state index >= 15 is 0 Å². The van der Waals surface area contributed by atoms with Crippen LogP contribution in [0.5, 0.6) is 0 Å². The molecule has 6 heteroatoms. The summed E-state index contributed by atoms with van der Waals surface area (Å²) >= 11 is 0. The van der Waals surface area contributed by atoms with E-state index in [9.17, 15) is 0 Å². The van der Waals surface area contributed by atoms with Crippen molar-refractivity contribution in [1.29, 1.82) is 0 Å². The number of hydrogen-bond donors (Lipinski definition) is 1. The first kappa shape index (κ1) is 18.6. The number of nitrogens with zero attached hydrogens (tertiary/aromatic N) is 1. The van der Waals surface area contributed by atoms with Crippen molar-refractivity contribution < 1.29 is 51.0 Å². The fraction of sp³-hybridized carbons (Fsp3) is 0.200. The van der Waals surface area contributed by atoms with Gasteiger partial charge in [0.2, 0.25) is 0 Å². The van der Waals surface area contributed by atoms with Crippen molar-refractivity contribution in [2.45, 2.75) is 13.8 Å². The molecule has 0 aromatic carbocycles. The average molecular weight is 349 g/mol. The molecule has 1 N–H and O–H groups in total. The number of halogens is 2. The van der Waals surface area contributed by atoms with Crippen LogP contribution >= 0.6 is 0 Å². The molecule has 0 fully saturated rings. The third-order valence-corrected chi connectivity index (χ3v) is 2.92. The van der Waals surface area contributed by atoms with Gasteiger partial charge in [0.05, 0.1) is 0 Å². The molecule has 0 saturated carbocycles. The number of nitrogens with one attached hydrogen (secondary N) is 1. The first-order chi connectivity index (χ1) is 6.20. The fourth-order valence-electron chi connectivity index (χ4n) is 1.57. The maximum absolute atomic E-state index is 4.15. The topological polar surface area (TPSA) is 28.7 Å². The molecule has 1 aliphatic rings. The molecule has 1 aromatic rings. The van der Waals surface area contributed by atoms with Gasteiger partial charge in [-0.25, -0.2) is 11.2 Å². The van der Waals surface area contributed by atoms with Crippen LogP contribution in [0.4, 0.5) is 0 Å². The Labute approximate surface area is 130 Å². The zero-order valence-electron chi connectivity index (χ0n) is 9.06. The largest absolute Gasteiger partial charge is 3.00 e. The molecule has 0 atom stereocenters. The van der Waals surface area contributed by atoms with Crippen molar-refractivity contribution in [2.75, 3.05) is 0 Å². The minimum Gasteiger partial charge on any atom is -1.00 e. The number of allylic oxidation sites excluding steroid dienone is 4. The Bertz CT molecular complexity index is 424. The van der Waals surface area contributed by atoms with Crippen LogP contribution in [-0.4, -0.2) is 25.2 Å². The summed E-state index contributed by atoms with van der Waals surface area (Å²) in [6.07, 6.45) is 3.94. The summed E-state index contributed by atoms with van der Waals surface area (Å²) in [4.78, 5) is 0. The molecule has 1 aromatic heterocycles. The van der Waals surface area contributed by atoms with E-state index in [0.29, 0.717) is 0 Å². The van der Waals surface area contributed by atoms with Crippen molar-refractivity contribution in [3.05, 3.63) is 35.2 Å². The normalized spacial score (nSPS) is 13.6. The molecule has 16 heavy (non-hydrogen) atoms. The Morgan fingerprint density at radius 1 is 1.31 bits per heavy atom. The van der Waals surface area contributed by atoms with E-state index < -0.39 is 0 Å². The Hall–Kier alpha value is 0.240. The Kier molecular flexibility index (Phi) is 8.77. The summed E-state index contributed by atoms with van der Waals surface area (Å²) < 4.78 is 0. The number of H-pyrrole nitrogens is 1. The summed E-state index contributed by atoms with van der Waals surface area (Å²) in [5, 5.41) is 8.24. The van der Waals surface area contributed by atoms with Crippen LogP contribution in [0.15, 0.2) is 23.4 Å². The second kappa shape index (κ2) is 7.54. The van der Waals surface area contributed by atoms with E-state index in [0.717, 1.165) is 5.69 Å². The van der Waals surface area contributed by atoms with Gasteiger partial charge in [0.25, 0.3) is 0 Å². The van der Waals surface area contributed by atoms with Crippen LogP contribution < -0.4 is 24.8 Å². The molecular formula is C10H11Cl2N2SiZr. The number of hydrogen-bond acceptors (Lipinski definition) is 1. The fourth-order valence-corrected chi connectivity index (χ4v) is 2.31. The van der Waals surface area contributed by atoms with E-state index in [1.165, 1.54) is 21.9 Å². The molecule has 1 radical (unpaired) electrons. The van der Waals surface area contributed by atoms with Crippen LogP contribution in [-0.2, 0) is 26.2 Å². The molecule has 2 rings (SSSR count). The predicted molar refractivity (Wildman–Crippen MR) is 57.3 cm³/mol. The first-order valence-corrected chi connectivity index (χ1v) is 4.91. The van der Waals surface area contributed by atoms with Crippen molar-refractivity contribution in [1.82, 2.24) is 10.2 Å². The maximum Gasteiger partial charge on any atom is 3.00 e. The smallest absolute Gasteiger partial charge is 1.00 e. The number of aromatic amines is 1. The van der Waals surface area contributed by atoms with Gasteiger partial charge >= 0.3 is 26.2 Å². The molecule has 0 spiro atoms. The van der Waals surface area contributed by atoms with Crippen LogP contribution in [0.2, 0.25) is 0 Å². The summed E-state index contributed by atoms with van der Waals surface area (Å²) in [6.45, 7) is 4.26. The average Bonchev–Trinajstić information content (AvgIpc) is 2.63. The Balaban J connectivity index is 0. The molecule has 1 heterocycles. The van der Waals surface area contributed by atoms with Crippen LogP contribution in [0.1, 0.15) is 19.5 Å². The number of rotatable bonds is 1. The summed E-state index contributed by atoms with van der Waals surface area (Å²) in [7, 11) is 1.90. The predicted octanol–water partition coefficient (Wildman–Crippen LogP) is -5.25. The van der Waals surface area contributed by atoms with E-state index in [1.54, 1.807) is 6.20 Å². The molecule has 0 amide bonds. The monoisotopic (exact) mass is 347 g/mol. The molecular weight excluding hydrogens is 338 g/mol. The quantitative estimate of drug-likeness (QED) is 0.399. The Morgan fingerprint density at radius 3 is 2.31 bits per heavy atom. The molecule has 0 saturated heterocycles. The molecule has 83 valence electrons. The van der Waals surface area contributed by atoms with E-state index in [2.05, 4.69) is 36.2 Å². The minimum absolute atomic E-state index is 0. The second-order valence-corrected chi connectivity index (χ2v) is 3.99. The van der Waals surface area contributed by atoms with Gasteiger partial charge in [0, 0.05) is 0 Å². The van der Waals surface area contributed by atoms with Gasteiger partial charge in [-0.05, 0) is 16.8 Å². The van der Waals surface area contributed by atoms with Crippen molar-refractivity contribution in [3.63, 3.8) is 0 Å². The van der Waals surface area contributed by atoms with Gasteiger partial charge < -0.3 is 29.9 Å². The molecule has 1 aliphatic carbocycles. The molecule has 0 aliphatic heterocycles. The zero-order valence-corrected chi connectivity index (χ0v) is 14.4. The van der Waals surface area contributed by atoms with Gasteiger partial charge in [0.15, 0.2) is 0 Å². The van der Waals surface area contributed by atoms with Gasteiger partial charge in [-0.3, -0.25) is 0 Å². The SMILES string of the molecule is CC1=CC(=[SiH2])C(c2[c-]c[nH]n2)=C1C.[Cl-].[Cl-].[Zr+3]. The summed E-state index contributed by atoms with van der Waals surface area (Å²) in [6, 6.07) is 3.09. The van der Waals surface area contributed by atoms with Crippen molar-refractivity contribution >= 4 is 20.6 Å². The molecule has 0 unspecified atom stereocenters. The van der Waals surface area contributed by atoms with Crippen LogP contribution in [0.25, 0.3) is 5.57 Å². The summed E-state index contributed by atoms with van der Waals surface area (Å²) in [5.74, 6) is 0. The Morgan fingerprint density at radius 2 is 1.94 bits per heavy atom. The third kappa shape index (κ3) is 3.36. The van der Waals surface area contributed by atoms with Crippen LogP contribution in [0.3, 0.4) is 0 Å². The van der Waals surface area contributed by atoms with E-state index in [-0.39, 0.29) is 51.0 Å². The van der Waals surface area contributed by atoms with Crippen molar-refractivity contribution in [2.24, 2.45) is 0 Å². The molecule has 2 nitrogen and oxygen atoms in total. The maximum atomic E-state index is 4.15. The van der Waals surface area contributed by atoms with Gasteiger partial charge in [-0.15, -0.1) is 16.3 Å². The van der Waals surface area contributed by atoms with Gasteiger partial charge in [-0.2, -0.15) is 0 Å². The standard InChI is InChI=1S/C10H11N2Si.2ClH.Zr/c1-6-5-9(13)10(7(6)2)8-3-4-11-12-8;;;/h4-5H,13H2,1-2H3,(H,11,12);2*1H;/q-1;;;+3/p-2. The third-order valence-electron chi connectivity index (χ3n) is 2.36. The zero-order chi connectivity index (χ0) is 9.42. The van der Waals surface area contributed by atoms with Gasteiger partial charge in [-0.1, -0.05) is 30.5 Å². The van der Waals surface area contributed by atoms with Crippen LogP contribution in [0, 0.1) is 6.07 Å². The molecule has 0 bridgehead atoms. The number of aromatic nitrogens is 2. The minimum atomic E-state index is 0. The second-order valence-electron chi connectivity index (χ2n) is 3.23. The first-order valence-electron chi connectivity index (χ1n) is 4.21. The van der Waals surface area contributed by atoms with Crippen molar-refractivity contribution in [3.8, 4) is 0 Å². The van der Waals surface area contributed by atoms with E-state index in [1.807, 2.05) is 9.85 Å². The van der Waals surface area contributed by atoms with Gasteiger partial charge in [0.1, 0.15) is 0 Å². The van der Waals surface area contributed by atoms with E-state index in [4.69, 9.17) is 0 Å². The summed E-state index contributed by atoms with van der Waals surface area (Å²) in [5.41, 5.74) is 4.80.